The number of morpholine rings is 1. The number of nitrogens with zero attached hydrogens (tertiary/aromatic N) is 3. The zero-order valence-electron chi connectivity index (χ0n) is 14.1. The van der Waals surface area contributed by atoms with Crippen LogP contribution in [0.5, 0.6) is 0 Å². The summed E-state index contributed by atoms with van der Waals surface area (Å²) in [6, 6.07) is 0. The first-order valence-corrected chi connectivity index (χ1v) is 8.17. The van der Waals surface area contributed by atoms with Crippen molar-refractivity contribution in [1.29, 1.82) is 0 Å². The van der Waals surface area contributed by atoms with E-state index in [9.17, 15) is 9.59 Å². The van der Waals surface area contributed by atoms with E-state index in [4.69, 9.17) is 9.47 Å². The second kappa shape index (κ2) is 6.22. The van der Waals surface area contributed by atoms with Crippen molar-refractivity contribution < 1.29 is 9.47 Å². The van der Waals surface area contributed by atoms with Crippen LogP contribution in [0.1, 0.15) is 25.3 Å². The molecular weight excluding hydrogens is 298 g/mol. The lowest BCUT2D eigenvalue weighted by Crippen LogP contribution is -2.56. The Bertz CT molecular complexity index is 688. The van der Waals surface area contributed by atoms with E-state index in [1.165, 1.54) is 16.2 Å². The van der Waals surface area contributed by atoms with Gasteiger partial charge in [0, 0.05) is 58.5 Å². The lowest BCUT2D eigenvalue weighted by Gasteiger charge is -2.43. The SMILES string of the molecule is CC[C@H]1CN(Cc2cn(C)c(=O)n(C)c2=O)C[C@@]2(CCOC2)O1. The number of hydrogen-bond donors (Lipinski definition) is 0. The minimum Gasteiger partial charge on any atom is -0.378 e. The predicted molar refractivity (Wildman–Crippen MR) is 85.5 cm³/mol. The third-order valence-corrected chi connectivity index (χ3v) is 4.82. The maximum absolute atomic E-state index is 12.3. The molecule has 2 aliphatic heterocycles. The Morgan fingerprint density at radius 3 is 2.78 bits per heavy atom. The molecule has 0 N–H and O–H groups in total. The second-order valence-electron chi connectivity index (χ2n) is 6.72. The van der Waals surface area contributed by atoms with Gasteiger partial charge in [-0.05, 0) is 6.42 Å². The van der Waals surface area contributed by atoms with Crippen LogP contribution in [0.25, 0.3) is 0 Å². The van der Waals surface area contributed by atoms with Crippen molar-refractivity contribution in [2.45, 2.75) is 38.0 Å². The van der Waals surface area contributed by atoms with Gasteiger partial charge in [0.05, 0.1) is 12.7 Å². The van der Waals surface area contributed by atoms with E-state index in [1.807, 2.05) is 0 Å². The molecule has 128 valence electrons. The Morgan fingerprint density at radius 1 is 1.35 bits per heavy atom. The molecule has 3 rings (SSSR count). The first-order valence-electron chi connectivity index (χ1n) is 8.17. The van der Waals surface area contributed by atoms with E-state index in [1.54, 1.807) is 13.2 Å². The molecule has 1 spiro atoms. The highest BCUT2D eigenvalue weighted by atomic mass is 16.6. The van der Waals surface area contributed by atoms with Gasteiger partial charge >= 0.3 is 5.69 Å². The molecule has 1 aromatic rings. The fraction of sp³-hybridized carbons (Fsp3) is 0.750. The molecule has 2 aliphatic rings. The van der Waals surface area contributed by atoms with Crippen LogP contribution in [0.2, 0.25) is 0 Å². The monoisotopic (exact) mass is 323 g/mol. The smallest absolute Gasteiger partial charge is 0.330 e. The van der Waals surface area contributed by atoms with Crippen molar-refractivity contribution in [1.82, 2.24) is 14.0 Å². The van der Waals surface area contributed by atoms with Gasteiger partial charge < -0.3 is 14.0 Å². The molecular formula is C16H25N3O4. The largest absolute Gasteiger partial charge is 0.378 e. The average Bonchev–Trinajstić information content (AvgIpc) is 2.97. The van der Waals surface area contributed by atoms with Gasteiger partial charge in [0.25, 0.3) is 5.56 Å². The summed E-state index contributed by atoms with van der Waals surface area (Å²) in [6.45, 7) is 5.54. The predicted octanol–water partition coefficient (Wildman–Crippen LogP) is -0.146. The summed E-state index contributed by atoms with van der Waals surface area (Å²) in [4.78, 5) is 26.4. The molecule has 23 heavy (non-hydrogen) atoms. The standard InChI is InChI=1S/C16H25N3O4/c1-4-13-9-19(10-16(23-13)5-6-22-11-16)8-12-7-17(2)15(21)18(3)14(12)20/h7,13H,4-6,8-11H2,1-3H3/t13-,16+/m0/s1. The lowest BCUT2D eigenvalue weighted by atomic mass is 9.98. The van der Waals surface area contributed by atoms with Crippen LogP contribution in [0.15, 0.2) is 15.8 Å². The van der Waals surface area contributed by atoms with Gasteiger partial charge in [-0.1, -0.05) is 6.92 Å². The molecule has 7 heteroatoms. The van der Waals surface area contributed by atoms with Gasteiger partial charge in [-0.15, -0.1) is 0 Å². The summed E-state index contributed by atoms with van der Waals surface area (Å²) < 4.78 is 14.4. The summed E-state index contributed by atoms with van der Waals surface area (Å²) >= 11 is 0. The van der Waals surface area contributed by atoms with Gasteiger partial charge in [0.1, 0.15) is 5.60 Å². The van der Waals surface area contributed by atoms with Gasteiger partial charge in [0.15, 0.2) is 0 Å². The second-order valence-corrected chi connectivity index (χ2v) is 6.72. The van der Waals surface area contributed by atoms with Crippen molar-refractivity contribution in [3.63, 3.8) is 0 Å². The molecule has 0 radical (unpaired) electrons. The van der Waals surface area contributed by atoms with Gasteiger partial charge in [-0.2, -0.15) is 0 Å². The third-order valence-electron chi connectivity index (χ3n) is 4.82. The van der Waals surface area contributed by atoms with Crippen molar-refractivity contribution >= 4 is 0 Å². The maximum Gasteiger partial charge on any atom is 0.330 e. The highest BCUT2D eigenvalue weighted by Crippen LogP contribution is 2.31. The summed E-state index contributed by atoms with van der Waals surface area (Å²) in [7, 11) is 3.19. The Labute approximate surface area is 135 Å². The minimum atomic E-state index is -0.298. The molecule has 0 bridgehead atoms. The van der Waals surface area contributed by atoms with Crippen LogP contribution in [0, 0.1) is 0 Å². The van der Waals surface area contributed by atoms with Crippen molar-refractivity contribution in [2.75, 3.05) is 26.3 Å². The van der Waals surface area contributed by atoms with Crippen LogP contribution in [0.3, 0.4) is 0 Å². The van der Waals surface area contributed by atoms with Crippen LogP contribution in [-0.2, 0) is 30.1 Å². The molecule has 0 aromatic carbocycles. The molecule has 0 aliphatic carbocycles. The number of ether oxygens (including phenoxy) is 2. The molecule has 3 heterocycles. The zero-order valence-corrected chi connectivity index (χ0v) is 14.1. The summed E-state index contributed by atoms with van der Waals surface area (Å²) in [5, 5.41) is 0. The quantitative estimate of drug-likeness (QED) is 0.774. The molecule has 0 unspecified atom stereocenters. The highest BCUT2D eigenvalue weighted by molar-refractivity contribution is 5.07. The first-order chi connectivity index (χ1) is 10.9. The molecule has 1 aromatic heterocycles. The fourth-order valence-electron chi connectivity index (χ4n) is 3.56. The normalized spacial score (nSPS) is 28.6. The van der Waals surface area contributed by atoms with Crippen LogP contribution in [0.4, 0.5) is 0 Å². The molecule has 7 nitrogen and oxygen atoms in total. The van der Waals surface area contributed by atoms with Crippen LogP contribution < -0.4 is 11.2 Å². The zero-order chi connectivity index (χ0) is 16.6. The van der Waals surface area contributed by atoms with Crippen LogP contribution >= 0.6 is 0 Å². The number of aryl methyl sites for hydroxylation is 1. The molecule has 2 fully saturated rings. The molecule has 0 saturated carbocycles. The van der Waals surface area contributed by atoms with Crippen molar-refractivity contribution in [3.8, 4) is 0 Å². The minimum absolute atomic E-state index is 0.154. The molecule has 0 amide bonds. The molecule has 2 saturated heterocycles. The van der Waals surface area contributed by atoms with E-state index >= 15 is 0 Å². The Hall–Kier alpha value is -1.44. The Kier molecular flexibility index (Phi) is 4.44. The number of aromatic nitrogens is 2. The first kappa shape index (κ1) is 16.4. The van der Waals surface area contributed by atoms with E-state index < -0.39 is 0 Å². The summed E-state index contributed by atoms with van der Waals surface area (Å²) in [5.74, 6) is 0. The van der Waals surface area contributed by atoms with E-state index in [2.05, 4.69) is 11.8 Å². The van der Waals surface area contributed by atoms with Crippen molar-refractivity contribution in [2.24, 2.45) is 14.1 Å². The summed E-state index contributed by atoms with van der Waals surface area (Å²) in [6.07, 6.45) is 3.63. The van der Waals surface area contributed by atoms with Crippen molar-refractivity contribution in [3.05, 3.63) is 32.6 Å². The maximum atomic E-state index is 12.3. The van der Waals surface area contributed by atoms with E-state index in [0.717, 1.165) is 32.5 Å². The number of hydrogen-bond acceptors (Lipinski definition) is 5. The van der Waals surface area contributed by atoms with E-state index in [0.29, 0.717) is 18.7 Å². The van der Waals surface area contributed by atoms with Crippen LogP contribution in [-0.4, -0.2) is 52.0 Å². The highest BCUT2D eigenvalue weighted by Gasteiger charge is 2.43. The topological polar surface area (TPSA) is 65.7 Å². The van der Waals surface area contributed by atoms with Gasteiger partial charge in [0.2, 0.25) is 0 Å². The lowest BCUT2D eigenvalue weighted by molar-refractivity contribution is -0.156. The Morgan fingerprint density at radius 2 is 2.13 bits per heavy atom. The Balaban J connectivity index is 1.84. The third kappa shape index (κ3) is 3.13. The fourth-order valence-corrected chi connectivity index (χ4v) is 3.56. The van der Waals surface area contributed by atoms with E-state index in [-0.39, 0.29) is 23.0 Å². The average molecular weight is 323 g/mol. The molecule has 2 atom stereocenters. The summed E-state index contributed by atoms with van der Waals surface area (Å²) in [5.41, 5.74) is -0.122. The number of rotatable bonds is 3. The van der Waals surface area contributed by atoms with Gasteiger partial charge in [-0.3, -0.25) is 14.3 Å². The van der Waals surface area contributed by atoms with Gasteiger partial charge in [-0.25, -0.2) is 4.79 Å².